The van der Waals surface area contributed by atoms with Crippen molar-refractivity contribution in [3.8, 4) is 17.6 Å². The van der Waals surface area contributed by atoms with Gasteiger partial charge in [-0.05, 0) is 19.2 Å². The molecular formula is C12H13NO3. The Bertz CT molecular complexity index is 443. The van der Waals surface area contributed by atoms with Crippen LogP contribution in [0.3, 0.4) is 0 Å². The summed E-state index contributed by atoms with van der Waals surface area (Å²) in [7, 11) is 3.23. The Kier molecular flexibility index (Phi) is 4.37. The second-order valence-corrected chi connectivity index (χ2v) is 3.02. The fourth-order valence-electron chi connectivity index (χ4n) is 1.25. The van der Waals surface area contributed by atoms with Crippen LogP contribution >= 0.6 is 0 Å². The second kappa shape index (κ2) is 5.79. The number of para-hydroxylation sites is 1. The van der Waals surface area contributed by atoms with E-state index in [1.165, 1.54) is 13.2 Å². The Morgan fingerprint density at radius 2 is 2.31 bits per heavy atom. The standard InChI is InChI=1S/C12H13NO3/c1-13-8-4-6-9-5-3-7-10(12(14)15)11(9)16-2/h3,5,7,13H,8H2,1-2H3,(H,14,15). The van der Waals surface area contributed by atoms with E-state index in [1.54, 1.807) is 19.2 Å². The molecule has 1 aromatic rings. The topological polar surface area (TPSA) is 58.6 Å². The Morgan fingerprint density at radius 3 is 2.88 bits per heavy atom. The molecule has 0 bridgehead atoms. The van der Waals surface area contributed by atoms with Crippen LogP contribution in [-0.2, 0) is 0 Å². The number of benzene rings is 1. The van der Waals surface area contributed by atoms with E-state index in [0.29, 0.717) is 17.9 Å². The van der Waals surface area contributed by atoms with Crippen LogP contribution in [0.1, 0.15) is 15.9 Å². The minimum atomic E-state index is -1.02. The van der Waals surface area contributed by atoms with E-state index in [0.717, 1.165) is 0 Å². The number of methoxy groups -OCH3 is 1. The van der Waals surface area contributed by atoms with Gasteiger partial charge in [-0.1, -0.05) is 17.9 Å². The molecule has 0 saturated carbocycles. The van der Waals surface area contributed by atoms with E-state index in [4.69, 9.17) is 9.84 Å². The Balaban J connectivity index is 3.15. The number of carbonyl (C=O) groups is 1. The van der Waals surface area contributed by atoms with Crippen molar-refractivity contribution in [2.45, 2.75) is 0 Å². The zero-order valence-corrected chi connectivity index (χ0v) is 9.20. The molecule has 0 heterocycles. The molecule has 0 unspecified atom stereocenters. The molecule has 16 heavy (non-hydrogen) atoms. The van der Waals surface area contributed by atoms with Gasteiger partial charge in [0.15, 0.2) is 0 Å². The molecule has 0 amide bonds. The van der Waals surface area contributed by atoms with Crippen LogP contribution in [0.5, 0.6) is 5.75 Å². The highest BCUT2D eigenvalue weighted by atomic mass is 16.5. The first-order valence-electron chi connectivity index (χ1n) is 4.74. The summed E-state index contributed by atoms with van der Waals surface area (Å²) in [4.78, 5) is 10.9. The molecule has 0 aliphatic rings. The number of ether oxygens (including phenoxy) is 1. The fourth-order valence-corrected chi connectivity index (χ4v) is 1.25. The molecule has 0 aliphatic carbocycles. The molecule has 2 N–H and O–H groups in total. The van der Waals surface area contributed by atoms with Crippen molar-refractivity contribution in [2.75, 3.05) is 20.7 Å². The van der Waals surface area contributed by atoms with E-state index in [2.05, 4.69) is 17.2 Å². The van der Waals surface area contributed by atoms with Crippen molar-refractivity contribution in [1.82, 2.24) is 5.32 Å². The maximum atomic E-state index is 10.9. The lowest BCUT2D eigenvalue weighted by Crippen LogP contribution is -2.05. The fraction of sp³-hybridized carbons (Fsp3) is 0.250. The van der Waals surface area contributed by atoms with Crippen LogP contribution < -0.4 is 10.1 Å². The number of aromatic carboxylic acids is 1. The normalized spacial score (nSPS) is 9.12. The van der Waals surface area contributed by atoms with E-state index >= 15 is 0 Å². The van der Waals surface area contributed by atoms with Gasteiger partial charge in [0.1, 0.15) is 11.3 Å². The van der Waals surface area contributed by atoms with E-state index in [1.807, 2.05) is 0 Å². The van der Waals surface area contributed by atoms with E-state index in [-0.39, 0.29) is 5.56 Å². The number of rotatable bonds is 3. The Morgan fingerprint density at radius 1 is 1.56 bits per heavy atom. The van der Waals surface area contributed by atoms with Crippen LogP contribution in [0, 0.1) is 11.8 Å². The van der Waals surface area contributed by atoms with Crippen LogP contribution in [-0.4, -0.2) is 31.8 Å². The minimum Gasteiger partial charge on any atom is -0.495 e. The van der Waals surface area contributed by atoms with Gasteiger partial charge in [-0.2, -0.15) is 0 Å². The second-order valence-electron chi connectivity index (χ2n) is 3.02. The maximum absolute atomic E-state index is 10.9. The molecule has 0 spiro atoms. The largest absolute Gasteiger partial charge is 0.495 e. The van der Waals surface area contributed by atoms with Gasteiger partial charge >= 0.3 is 5.97 Å². The molecule has 0 radical (unpaired) electrons. The molecule has 0 aliphatic heterocycles. The predicted molar refractivity (Wildman–Crippen MR) is 60.8 cm³/mol. The van der Waals surface area contributed by atoms with Gasteiger partial charge < -0.3 is 15.2 Å². The highest BCUT2D eigenvalue weighted by Crippen LogP contribution is 2.22. The molecule has 4 nitrogen and oxygen atoms in total. The zero-order valence-electron chi connectivity index (χ0n) is 9.20. The zero-order chi connectivity index (χ0) is 12.0. The third-order valence-corrected chi connectivity index (χ3v) is 1.94. The highest BCUT2D eigenvalue weighted by molar-refractivity contribution is 5.91. The summed E-state index contributed by atoms with van der Waals surface area (Å²) >= 11 is 0. The van der Waals surface area contributed by atoms with Gasteiger partial charge in [0.05, 0.1) is 19.2 Å². The van der Waals surface area contributed by atoms with Crippen molar-refractivity contribution in [2.24, 2.45) is 0 Å². The highest BCUT2D eigenvalue weighted by Gasteiger charge is 2.12. The number of nitrogens with one attached hydrogen (secondary N) is 1. The maximum Gasteiger partial charge on any atom is 0.339 e. The van der Waals surface area contributed by atoms with Crippen LogP contribution in [0.2, 0.25) is 0 Å². The SMILES string of the molecule is CNCC#Cc1cccc(C(=O)O)c1OC. The molecule has 1 aromatic carbocycles. The molecule has 84 valence electrons. The molecular weight excluding hydrogens is 206 g/mol. The van der Waals surface area contributed by atoms with Gasteiger partial charge in [0.25, 0.3) is 0 Å². The van der Waals surface area contributed by atoms with E-state index in [9.17, 15) is 4.79 Å². The average Bonchev–Trinajstić information content (AvgIpc) is 2.29. The summed E-state index contributed by atoms with van der Waals surface area (Å²) in [6, 6.07) is 4.87. The summed E-state index contributed by atoms with van der Waals surface area (Å²) in [5.41, 5.74) is 0.705. The van der Waals surface area contributed by atoms with Gasteiger partial charge in [0.2, 0.25) is 0 Å². The first kappa shape index (κ1) is 12.1. The number of carboxylic acid groups (broad SMARTS) is 1. The molecule has 1 rings (SSSR count). The average molecular weight is 219 g/mol. The number of carboxylic acids is 1. The van der Waals surface area contributed by atoms with Crippen LogP contribution in [0.4, 0.5) is 0 Å². The van der Waals surface area contributed by atoms with Crippen molar-refractivity contribution in [1.29, 1.82) is 0 Å². The predicted octanol–water partition coefficient (Wildman–Crippen LogP) is 0.964. The Hall–Kier alpha value is -1.99. The van der Waals surface area contributed by atoms with Gasteiger partial charge in [0, 0.05) is 0 Å². The van der Waals surface area contributed by atoms with Gasteiger partial charge in [-0.15, -0.1) is 0 Å². The van der Waals surface area contributed by atoms with Crippen LogP contribution in [0.25, 0.3) is 0 Å². The first-order valence-corrected chi connectivity index (χ1v) is 4.74. The molecule has 0 atom stereocenters. The lowest BCUT2D eigenvalue weighted by molar-refractivity contribution is 0.0693. The number of hydrogen-bond acceptors (Lipinski definition) is 3. The first-order chi connectivity index (χ1) is 7.70. The van der Waals surface area contributed by atoms with Crippen molar-refractivity contribution >= 4 is 5.97 Å². The molecule has 0 fully saturated rings. The summed E-state index contributed by atoms with van der Waals surface area (Å²) in [5, 5.41) is 11.8. The minimum absolute atomic E-state index is 0.124. The summed E-state index contributed by atoms with van der Waals surface area (Å²) in [6.07, 6.45) is 0. The smallest absolute Gasteiger partial charge is 0.339 e. The van der Waals surface area contributed by atoms with Gasteiger partial charge in [-0.25, -0.2) is 4.79 Å². The number of hydrogen-bond donors (Lipinski definition) is 2. The molecule has 0 saturated heterocycles. The lowest BCUT2D eigenvalue weighted by atomic mass is 10.1. The summed E-state index contributed by atoms with van der Waals surface area (Å²) in [5.74, 6) is 5.00. The third kappa shape index (κ3) is 2.75. The van der Waals surface area contributed by atoms with Gasteiger partial charge in [-0.3, -0.25) is 0 Å². The lowest BCUT2D eigenvalue weighted by Gasteiger charge is -2.06. The summed E-state index contributed by atoms with van der Waals surface area (Å²) in [6.45, 7) is 0.542. The molecule has 0 aromatic heterocycles. The monoisotopic (exact) mass is 219 g/mol. The summed E-state index contributed by atoms with van der Waals surface area (Å²) < 4.78 is 5.06. The van der Waals surface area contributed by atoms with Crippen molar-refractivity contribution in [3.63, 3.8) is 0 Å². The third-order valence-electron chi connectivity index (χ3n) is 1.94. The van der Waals surface area contributed by atoms with E-state index < -0.39 is 5.97 Å². The van der Waals surface area contributed by atoms with Crippen molar-refractivity contribution in [3.05, 3.63) is 29.3 Å². The molecule has 4 heteroatoms. The quantitative estimate of drug-likeness (QED) is 0.743. The van der Waals surface area contributed by atoms with Crippen molar-refractivity contribution < 1.29 is 14.6 Å². The Labute approximate surface area is 94.2 Å². The van der Waals surface area contributed by atoms with Crippen LogP contribution in [0.15, 0.2) is 18.2 Å².